The van der Waals surface area contributed by atoms with Crippen LogP contribution in [0, 0.1) is 25.1 Å². The van der Waals surface area contributed by atoms with Gasteiger partial charge in [0.05, 0.1) is 43.0 Å². The highest BCUT2D eigenvalue weighted by Gasteiger charge is 2.50. The molecule has 4 rings (SSSR count). The molecule has 0 aromatic heterocycles. The third-order valence-electron chi connectivity index (χ3n) is 4.57. The molecule has 4 fully saturated rings. The minimum atomic E-state index is -0.863. The van der Waals surface area contributed by atoms with E-state index in [9.17, 15) is 25.1 Å². The standard InChI is InChI=1S/C6H8N2O6S.C6H9NO5S/c9-7-15-4-2-13-5-3(14-8(10)11)1-12-6(4)5;8-7(9)12-3-1-10-6-4(13)2-11-5(3)6/h3-6H,1-2H2;3-6,13H,1-2H2/t2*3-,4+,5-,6-/m11/s1. The van der Waals surface area contributed by atoms with Gasteiger partial charge in [-0.15, -0.1) is 25.1 Å². The van der Waals surface area contributed by atoms with Gasteiger partial charge in [-0.3, -0.25) is 0 Å². The van der Waals surface area contributed by atoms with Gasteiger partial charge in [0.2, 0.25) is 0 Å². The lowest BCUT2D eigenvalue weighted by molar-refractivity contribution is -0.769. The fourth-order valence-electron chi connectivity index (χ4n) is 3.42. The Labute approximate surface area is 167 Å². The predicted octanol–water partition coefficient (Wildman–Crippen LogP) is -0.197. The van der Waals surface area contributed by atoms with E-state index in [4.69, 9.17) is 18.9 Å². The molecule has 0 aliphatic carbocycles. The first kappa shape index (κ1) is 21.3. The van der Waals surface area contributed by atoms with E-state index in [1.54, 1.807) is 0 Å². The summed E-state index contributed by atoms with van der Waals surface area (Å²) in [4.78, 5) is 39.1. The van der Waals surface area contributed by atoms with Crippen molar-refractivity contribution in [1.29, 1.82) is 0 Å². The van der Waals surface area contributed by atoms with E-state index < -0.39 is 28.5 Å². The fraction of sp³-hybridized carbons (Fsp3) is 1.00. The maximum Gasteiger partial charge on any atom is 0.294 e. The van der Waals surface area contributed by atoms with Crippen LogP contribution in [0.1, 0.15) is 0 Å². The molecule has 4 aliphatic rings. The molecule has 0 radical (unpaired) electrons. The van der Waals surface area contributed by atoms with E-state index in [-0.39, 0.29) is 42.0 Å². The van der Waals surface area contributed by atoms with Crippen molar-refractivity contribution < 1.29 is 38.8 Å². The van der Waals surface area contributed by atoms with Gasteiger partial charge in [-0.2, -0.15) is 12.6 Å². The average Bonchev–Trinajstić information content (AvgIpc) is 3.36. The molecule has 28 heavy (non-hydrogen) atoms. The summed E-state index contributed by atoms with van der Waals surface area (Å²) >= 11 is 5.05. The van der Waals surface area contributed by atoms with Gasteiger partial charge in [-0.25, -0.2) is 0 Å². The molecular formula is C12H17N3O11S2. The summed E-state index contributed by atoms with van der Waals surface area (Å²) in [7, 11) is 0. The molecule has 0 aromatic rings. The largest absolute Gasteiger partial charge is 0.372 e. The number of rotatable bonds is 6. The molecule has 0 amide bonds. The Kier molecular flexibility index (Phi) is 7.10. The highest BCUT2D eigenvalue weighted by molar-refractivity contribution is 7.98. The predicted molar refractivity (Wildman–Crippen MR) is 92.6 cm³/mol. The smallest absolute Gasteiger partial charge is 0.294 e. The van der Waals surface area contributed by atoms with Gasteiger partial charge in [0.15, 0.2) is 12.2 Å². The van der Waals surface area contributed by atoms with Gasteiger partial charge < -0.3 is 28.6 Å². The van der Waals surface area contributed by atoms with Crippen LogP contribution < -0.4 is 0 Å². The van der Waals surface area contributed by atoms with Crippen LogP contribution in [0.5, 0.6) is 0 Å². The maximum atomic E-state index is 10.1. The van der Waals surface area contributed by atoms with E-state index in [2.05, 4.69) is 26.9 Å². The number of nitroso groups, excluding NO2 is 1. The number of nitrogens with zero attached hydrogens (tertiary/aromatic N) is 3. The zero-order valence-corrected chi connectivity index (χ0v) is 15.8. The first-order valence-electron chi connectivity index (χ1n) is 8.16. The quantitative estimate of drug-likeness (QED) is 0.189. The second kappa shape index (κ2) is 9.36. The summed E-state index contributed by atoms with van der Waals surface area (Å²) in [6, 6.07) is 0. The van der Waals surface area contributed by atoms with Crippen molar-refractivity contribution in [1.82, 2.24) is 0 Å². The van der Waals surface area contributed by atoms with Gasteiger partial charge in [0, 0.05) is 16.5 Å². The second-order valence-electron chi connectivity index (χ2n) is 6.21. The zero-order valence-electron chi connectivity index (χ0n) is 14.1. The summed E-state index contributed by atoms with van der Waals surface area (Å²) in [5.41, 5.74) is 0. The maximum absolute atomic E-state index is 10.1. The van der Waals surface area contributed by atoms with Crippen LogP contribution in [-0.2, 0) is 28.6 Å². The topological polar surface area (TPSA) is 171 Å². The molecule has 8 atom stereocenters. The molecule has 0 N–H and O–H groups in total. The Morgan fingerprint density at radius 3 is 1.93 bits per heavy atom. The molecule has 4 heterocycles. The van der Waals surface area contributed by atoms with Crippen LogP contribution in [0.25, 0.3) is 0 Å². The van der Waals surface area contributed by atoms with Crippen molar-refractivity contribution in [2.24, 2.45) is 4.58 Å². The number of fused-ring (bicyclic) bond motifs is 2. The van der Waals surface area contributed by atoms with Crippen molar-refractivity contribution in [2.75, 3.05) is 26.4 Å². The lowest BCUT2D eigenvalue weighted by Crippen LogP contribution is -2.33. The molecule has 4 saturated heterocycles. The van der Waals surface area contributed by atoms with Gasteiger partial charge in [0.25, 0.3) is 10.2 Å². The lowest BCUT2D eigenvalue weighted by Gasteiger charge is -2.13. The molecule has 14 nitrogen and oxygen atoms in total. The third-order valence-corrected chi connectivity index (χ3v) is 5.77. The average molecular weight is 443 g/mol. The Morgan fingerprint density at radius 2 is 1.36 bits per heavy atom. The SMILES string of the molecule is O=NS[C@H]1CO[C@H]2[C@@H]1OC[C@H]2O[N+](=O)[O-].O=[N+]([O-])O[C@@H]1CO[C@H]2[C@@H]1OC[C@@H]2S. The molecule has 158 valence electrons. The second-order valence-corrected chi connectivity index (χ2v) is 7.84. The molecule has 16 heteroatoms. The van der Waals surface area contributed by atoms with Crippen LogP contribution in [0.2, 0.25) is 0 Å². The first-order chi connectivity index (χ1) is 13.4. The third kappa shape index (κ3) is 4.74. The van der Waals surface area contributed by atoms with E-state index in [0.29, 0.717) is 13.2 Å². The summed E-state index contributed by atoms with van der Waals surface area (Å²) in [5, 5.41) is 18.3. The summed E-state index contributed by atoms with van der Waals surface area (Å²) in [5.74, 6) is 0. The summed E-state index contributed by atoms with van der Waals surface area (Å²) in [6.07, 6.45) is -2.65. The number of hydrogen-bond acceptors (Lipinski definition) is 14. The van der Waals surface area contributed by atoms with Gasteiger partial charge in [-0.1, -0.05) is 0 Å². The molecule has 0 saturated carbocycles. The van der Waals surface area contributed by atoms with E-state index in [1.807, 2.05) is 0 Å². The molecule has 0 aromatic carbocycles. The van der Waals surface area contributed by atoms with E-state index >= 15 is 0 Å². The Bertz CT molecular complexity index is 601. The Hall–Kier alpha value is -1.46. The number of ether oxygens (including phenoxy) is 4. The van der Waals surface area contributed by atoms with Gasteiger partial charge >= 0.3 is 0 Å². The summed E-state index contributed by atoms with van der Waals surface area (Å²) in [6.45, 7) is 1.05. The van der Waals surface area contributed by atoms with Gasteiger partial charge in [-0.05, 0) is 0 Å². The van der Waals surface area contributed by atoms with Crippen LogP contribution >= 0.6 is 24.6 Å². The minimum Gasteiger partial charge on any atom is -0.372 e. The minimum absolute atomic E-state index is 0.00893. The fourth-order valence-corrected chi connectivity index (χ4v) is 4.37. The monoisotopic (exact) mass is 443 g/mol. The van der Waals surface area contributed by atoms with E-state index in [1.165, 1.54) is 0 Å². The van der Waals surface area contributed by atoms with Gasteiger partial charge in [0.1, 0.15) is 18.3 Å². The molecule has 4 aliphatic heterocycles. The van der Waals surface area contributed by atoms with Crippen molar-refractivity contribution >= 4 is 24.6 Å². The van der Waals surface area contributed by atoms with Crippen LogP contribution in [0.4, 0.5) is 0 Å². The summed E-state index contributed by atoms with van der Waals surface area (Å²) < 4.78 is 23.8. The van der Waals surface area contributed by atoms with Crippen molar-refractivity contribution in [3.63, 3.8) is 0 Å². The highest BCUT2D eigenvalue weighted by atomic mass is 32.2. The molecular weight excluding hydrogens is 426 g/mol. The van der Waals surface area contributed by atoms with Crippen LogP contribution in [-0.4, -0.2) is 83.7 Å². The zero-order chi connectivity index (χ0) is 20.3. The van der Waals surface area contributed by atoms with Crippen LogP contribution in [0.3, 0.4) is 0 Å². The lowest BCUT2D eigenvalue weighted by atomic mass is 10.1. The Balaban J connectivity index is 0.000000162. The van der Waals surface area contributed by atoms with E-state index in [0.717, 1.165) is 11.9 Å². The van der Waals surface area contributed by atoms with Crippen molar-refractivity contribution in [3.05, 3.63) is 25.1 Å². The number of hydrogen-bond donors (Lipinski definition) is 1. The first-order valence-corrected chi connectivity index (χ1v) is 9.51. The highest BCUT2D eigenvalue weighted by Crippen LogP contribution is 2.35. The molecule has 0 bridgehead atoms. The molecule has 0 spiro atoms. The van der Waals surface area contributed by atoms with Crippen LogP contribution in [0.15, 0.2) is 4.58 Å². The number of thiol groups is 1. The van der Waals surface area contributed by atoms with Crippen molar-refractivity contribution in [3.8, 4) is 0 Å². The normalized spacial score (nSPS) is 40.8. The Morgan fingerprint density at radius 1 is 0.857 bits per heavy atom. The van der Waals surface area contributed by atoms with Crippen molar-refractivity contribution in [2.45, 2.75) is 47.1 Å². The molecule has 0 unspecified atom stereocenters.